The highest BCUT2D eigenvalue weighted by Crippen LogP contribution is 2.19. The highest BCUT2D eigenvalue weighted by atomic mass is 79.9. The molecule has 0 N–H and O–H groups in total. The van der Waals surface area contributed by atoms with Gasteiger partial charge in [0.25, 0.3) is 0 Å². The van der Waals surface area contributed by atoms with Gasteiger partial charge in [-0.3, -0.25) is 0 Å². The number of halogens is 1. The SMILES string of the molecule is CC1CCN1Br. The van der Waals surface area contributed by atoms with Crippen LogP contribution < -0.4 is 0 Å². The number of hydrogen-bond acceptors (Lipinski definition) is 1. The van der Waals surface area contributed by atoms with Gasteiger partial charge in [0.15, 0.2) is 0 Å². The van der Waals surface area contributed by atoms with Crippen LogP contribution in [0, 0.1) is 0 Å². The van der Waals surface area contributed by atoms with Crippen molar-refractivity contribution in [1.29, 1.82) is 0 Å². The summed E-state index contributed by atoms with van der Waals surface area (Å²) >= 11 is 3.36. The zero-order valence-corrected chi connectivity index (χ0v) is 5.40. The predicted molar refractivity (Wildman–Crippen MR) is 29.7 cm³/mol. The average Bonchev–Trinajstić information content (AvgIpc) is 1.61. The van der Waals surface area contributed by atoms with E-state index in [-0.39, 0.29) is 0 Å². The van der Waals surface area contributed by atoms with E-state index in [2.05, 4.69) is 27.0 Å². The Kier molecular flexibility index (Phi) is 1.15. The van der Waals surface area contributed by atoms with E-state index in [0.717, 1.165) is 6.04 Å². The Morgan fingerprint density at radius 2 is 2.33 bits per heavy atom. The van der Waals surface area contributed by atoms with Gasteiger partial charge in [-0.25, -0.2) is 3.93 Å². The molecule has 1 heterocycles. The van der Waals surface area contributed by atoms with Crippen LogP contribution in [0.5, 0.6) is 0 Å². The molecule has 1 rings (SSSR count). The molecule has 0 aromatic rings. The summed E-state index contributed by atoms with van der Waals surface area (Å²) in [6, 6.07) is 0.782. The van der Waals surface area contributed by atoms with Crippen molar-refractivity contribution in [3.8, 4) is 0 Å². The van der Waals surface area contributed by atoms with Gasteiger partial charge in [0.05, 0.1) is 0 Å². The van der Waals surface area contributed by atoms with Crippen LogP contribution in [0.1, 0.15) is 13.3 Å². The second-order valence-corrected chi connectivity index (χ2v) is 2.67. The molecule has 0 radical (unpaired) electrons. The Morgan fingerprint density at radius 1 is 1.83 bits per heavy atom. The fourth-order valence-electron chi connectivity index (χ4n) is 0.485. The Bertz CT molecular complexity index is 47.5. The molecule has 6 heavy (non-hydrogen) atoms. The van der Waals surface area contributed by atoms with Gasteiger partial charge in [-0.2, -0.15) is 0 Å². The molecule has 2 heteroatoms. The van der Waals surface area contributed by atoms with Crippen molar-refractivity contribution in [3.63, 3.8) is 0 Å². The van der Waals surface area contributed by atoms with E-state index in [1.54, 1.807) is 0 Å². The van der Waals surface area contributed by atoms with Crippen molar-refractivity contribution < 1.29 is 0 Å². The maximum Gasteiger partial charge on any atom is 0.0189 e. The molecule has 1 saturated heterocycles. The lowest BCUT2D eigenvalue weighted by molar-refractivity contribution is 0.252. The fourth-order valence-corrected chi connectivity index (χ4v) is 0.894. The summed E-state index contributed by atoms with van der Waals surface area (Å²) in [5, 5.41) is 0. The molecule has 1 unspecified atom stereocenters. The van der Waals surface area contributed by atoms with Gasteiger partial charge in [0, 0.05) is 28.7 Å². The largest absolute Gasteiger partial charge is 0.239 e. The Morgan fingerprint density at radius 3 is 2.33 bits per heavy atom. The third-order valence-corrected chi connectivity index (χ3v) is 2.29. The Hall–Kier alpha value is 0.440. The smallest absolute Gasteiger partial charge is 0.0189 e. The molecule has 0 aromatic heterocycles. The van der Waals surface area contributed by atoms with Crippen molar-refractivity contribution in [1.82, 2.24) is 3.93 Å². The zero-order chi connectivity index (χ0) is 4.57. The van der Waals surface area contributed by atoms with Crippen LogP contribution in [0.2, 0.25) is 0 Å². The first-order chi connectivity index (χ1) is 2.80. The van der Waals surface area contributed by atoms with E-state index in [9.17, 15) is 0 Å². The van der Waals surface area contributed by atoms with Gasteiger partial charge < -0.3 is 0 Å². The molecule has 0 spiro atoms. The minimum absolute atomic E-state index is 0.782. The Labute approximate surface area is 46.7 Å². The second-order valence-electron chi connectivity index (χ2n) is 1.76. The monoisotopic (exact) mass is 149 g/mol. The number of nitrogens with zero attached hydrogens (tertiary/aromatic N) is 1. The first-order valence-corrected chi connectivity index (χ1v) is 2.94. The molecule has 1 atom stereocenters. The van der Waals surface area contributed by atoms with Gasteiger partial charge in [0.2, 0.25) is 0 Å². The van der Waals surface area contributed by atoms with Crippen LogP contribution in [-0.4, -0.2) is 16.5 Å². The standard InChI is InChI=1S/C4H8BrN/c1-4-2-3-6(4)5/h4H,2-3H2,1H3. The summed E-state index contributed by atoms with van der Waals surface area (Å²) in [7, 11) is 0. The molecule has 36 valence electrons. The quantitative estimate of drug-likeness (QED) is 0.471. The molecule has 1 fully saturated rings. The summed E-state index contributed by atoms with van der Waals surface area (Å²) < 4.78 is 2.16. The first-order valence-electron chi connectivity index (χ1n) is 2.23. The molecule has 1 nitrogen and oxygen atoms in total. The summed E-state index contributed by atoms with van der Waals surface area (Å²) in [6.07, 6.45) is 1.35. The molecule has 0 bridgehead atoms. The van der Waals surface area contributed by atoms with Crippen LogP contribution in [0.3, 0.4) is 0 Å². The van der Waals surface area contributed by atoms with Crippen LogP contribution in [-0.2, 0) is 0 Å². The maximum absolute atomic E-state index is 3.36. The van der Waals surface area contributed by atoms with Crippen LogP contribution >= 0.6 is 16.1 Å². The highest BCUT2D eigenvalue weighted by molar-refractivity contribution is 9.07. The first kappa shape index (κ1) is 4.60. The van der Waals surface area contributed by atoms with Crippen LogP contribution in [0.4, 0.5) is 0 Å². The summed E-state index contributed by atoms with van der Waals surface area (Å²) in [5.74, 6) is 0. The average molecular weight is 150 g/mol. The minimum Gasteiger partial charge on any atom is -0.239 e. The van der Waals surface area contributed by atoms with Gasteiger partial charge in [-0.1, -0.05) is 0 Å². The normalized spacial score (nSPS) is 36.0. The Balaban J connectivity index is 2.20. The molecular formula is C4H8BrN. The van der Waals surface area contributed by atoms with Crippen molar-refractivity contribution in [2.24, 2.45) is 0 Å². The van der Waals surface area contributed by atoms with Crippen molar-refractivity contribution in [2.75, 3.05) is 6.54 Å². The van der Waals surface area contributed by atoms with Crippen molar-refractivity contribution in [3.05, 3.63) is 0 Å². The topological polar surface area (TPSA) is 3.24 Å². The van der Waals surface area contributed by atoms with E-state index in [0.29, 0.717) is 0 Å². The minimum atomic E-state index is 0.782. The van der Waals surface area contributed by atoms with E-state index < -0.39 is 0 Å². The third-order valence-electron chi connectivity index (χ3n) is 1.24. The molecule has 1 aliphatic heterocycles. The van der Waals surface area contributed by atoms with E-state index in [4.69, 9.17) is 0 Å². The van der Waals surface area contributed by atoms with Crippen LogP contribution in [0.25, 0.3) is 0 Å². The molecule has 0 amide bonds. The molecular weight excluding hydrogens is 142 g/mol. The van der Waals surface area contributed by atoms with Crippen molar-refractivity contribution in [2.45, 2.75) is 19.4 Å². The summed E-state index contributed by atoms with van der Waals surface area (Å²) in [5.41, 5.74) is 0. The van der Waals surface area contributed by atoms with Gasteiger partial charge in [0.1, 0.15) is 0 Å². The van der Waals surface area contributed by atoms with E-state index in [1.165, 1.54) is 13.0 Å². The summed E-state index contributed by atoms with van der Waals surface area (Å²) in [6.45, 7) is 3.43. The summed E-state index contributed by atoms with van der Waals surface area (Å²) in [4.78, 5) is 0. The lowest BCUT2D eigenvalue weighted by atomic mass is 10.1. The lowest BCUT2D eigenvalue weighted by Gasteiger charge is -2.31. The molecule has 1 aliphatic rings. The molecule has 0 saturated carbocycles. The second kappa shape index (κ2) is 1.51. The highest BCUT2D eigenvalue weighted by Gasteiger charge is 2.19. The van der Waals surface area contributed by atoms with Crippen molar-refractivity contribution >= 4 is 16.1 Å². The third kappa shape index (κ3) is 0.590. The van der Waals surface area contributed by atoms with Gasteiger partial charge in [-0.15, -0.1) is 0 Å². The molecule has 0 aromatic carbocycles. The van der Waals surface area contributed by atoms with Crippen LogP contribution in [0.15, 0.2) is 0 Å². The number of rotatable bonds is 0. The van der Waals surface area contributed by atoms with E-state index >= 15 is 0 Å². The fraction of sp³-hybridized carbons (Fsp3) is 1.00. The van der Waals surface area contributed by atoms with Gasteiger partial charge >= 0.3 is 0 Å². The maximum atomic E-state index is 3.36. The molecule has 0 aliphatic carbocycles. The number of hydrogen-bond donors (Lipinski definition) is 0. The lowest BCUT2D eigenvalue weighted by Crippen LogP contribution is -2.37. The van der Waals surface area contributed by atoms with Gasteiger partial charge in [-0.05, 0) is 13.3 Å². The van der Waals surface area contributed by atoms with E-state index in [1.807, 2.05) is 0 Å². The zero-order valence-electron chi connectivity index (χ0n) is 3.82. The predicted octanol–water partition coefficient (Wildman–Crippen LogP) is 1.39.